The highest BCUT2D eigenvalue weighted by Crippen LogP contribution is 2.36. The van der Waals surface area contributed by atoms with Crippen LogP contribution in [0.2, 0.25) is 0 Å². The fourth-order valence-corrected chi connectivity index (χ4v) is 4.36. The third-order valence-corrected chi connectivity index (χ3v) is 5.61. The van der Waals surface area contributed by atoms with Gasteiger partial charge in [0.2, 0.25) is 0 Å². The fourth-order valence-electron chi connectivity index (χ4n) is 4.36. The maximum absolute atomic E-state index is 13.1. The first-order valence-electron chi connectivity index (χ1n) is 9.02. The average molecular weight is 324 g/mol. The van der Waals surface area contributed by atoms with Gasteiger partial charge in [0, 0.05) is 18.8 Å². The van der Waals surface area contributed by atoms with Gasteiger partial charge in [-0.3, -0.25) is 4.79 Å². The number of carbonyl (C=O) groups excluding carboxylic acids is 1. The maximum atomic E-state index is 13.1. The molecule has 0 unspecified atom stereocenters. The minimum atomic E-state index is 0.143. The van der Waals surface area contributed by atoms with Crippen molar-refractivity contribution in [2.75, 3.05) is 6.54 Å². The summed E-state index contributed by atoms with van der Waals surface area (Å²) in [6, 6.07) is 6.15. The van der Waals surface area contributed by atoms with E-state index < -0.39 is 0 Å². The molecule has 126 valence electrons. The summed E-state index contributed by atoms with van der Waals surface area (Å²) in [5.74, 6) is 1.59. The number of rotatable bonds is 3. The Kier molecular flexibility index (Phi) is 4.08. The van der Waals surface area contributed by atoms with Crippen molar-refractivity contribution in [1.29, 1.82) is 0 Å². The Balaban J connectivity index is 1.59. The maximum Gasteiger partial charge on any atom is 0.257 e. The van der Waals surface area contributed by atoms with Crippen LogP contribution in [0.3, 0.4) is 0 Å². The van der Waals surface area contributed by atoms with Crippen LogP contribution in [-0.4, -0.2) is 38.2 Å². The van der Waals surface area contributed by atoms with Gasteiger partial charge in [0.15, 0.2) is 5.82 Å². The van der Waals surface area contributed by atoms with Crippen LogP contribution >= 0.6 is 0 Å². The second-order valence-corrected chi connectivity index (χ2v) is 7.00. The van der Waals surface area contributed by atoms with Crippen LogP contribution in [-0.2, 0) is 0 Å². The van der Waals surface area contributed by atoms with Gasteiger partial charge in [0.1, 0.15) is 0 Å². The van der Waals surface area contributed by atoms with Crippen molar-refractivity contribution in [3.05, 3.63) is 41.9 Å². The lowest BCUT2D eigenvalue weighted by Crippen LogP contribution is -2.39. The second-order valence-electron chi connectivity index (χ2n) is 7.00. The Labute approximate surface area is 142 Å². The fraction of sp³-hybridized carbons (Fsp3) is 0.526. The number of aromatic nitrogens is 3. The third-order valence-electron chi connectivity index (χ3n) is 5.61. The molecular formula is C19H24N4O. The summed E-state index contributed by atoms with van der Waals surface area (Å²) in [6.45, 7) is 2.84. The summed E-state index contributed by atoms with van der Waals surface area (Å²) in [4.78, 5) is 19.6. The Hall–Kier alpha value is -2.17. The van der Waals surface area contributed by atoms with Gasteiger partial charge in [0.05, 0.1) is 17.5 Å². The van der Waals surface area contributed by atoms with Gasteiger partial charge < -0.3 is 4.90 Å². The van der Waals surface area contributed by atoms with Crippen molar-refractivity contribution < 1.29 is 4.79 Å². The lowest BCUT2D eigenvalue weighted by atomic mass is 9.95. The minimum Gasteiger partial charge on any atom is -0.335 e. The summed E-state index contributed by atoms with van der Waals surface area (Å²) < 4.78 is 1.76. The molecule has 1 amide bonds. The first kappa shape index (κ1) is 15.4. The van der Waals surface area contributed by atoms with E-state index in [1.54, 1.807) is 17.1 Å². The van der Waals surface area contributed by atoms with Crippen molar-refractivity contribution >= 4 is 5.91 Å². The van der Waals surface area contributed by atoms with E-state index >= 15 is 0 Å². The normalized spacial score (nSPS) is 21.5. The molecule has 0 spiro atoms. The van der Waals surface area contributed by atoms with Gasteiger partial charge in [-0.1, -0.05) is 18.9 Å². The Bertz CT molecular complexity index is 718. The molecule has 5 heteroatoms. The van der Waals surface area contributed by atoms with E-state index in [4.69, 9.17) is 0 Å². The molecule has 0 N–H and O–H groups in total. The zero-order valence-electron chi connectivity index (χ0n) is 14.2. The monoisotopic (exact) mass is 324 g/mol. The van der Waals surface area contributed by atoms with Crippen LogP contribution in [0.4, 0.5) is 0 Å². The molecule has 2 aromatic rings. The van der Waals surface area contributed by atoms with E-state index in [1.165, 1.54) is 25.7 Å². The van der Waals surface area contributed by atoms with E-state index in [1.807, 2.05) is 25.1 Å². The van der Waals surface area contributed by atoms with Crippen LogP contribution < -0.4 is 0 Å². The minimum absolute atomic E-state index is 0.143. The predicted molar refractivity (Wildman–Crippen MR) is 92.1 cm³/mol. The largest absolute Gasteiger partial charge is 0.335 e. The first-order valence-corrected chi connectivity index (χ1v) is 9.02. The molecule has 1 saturated heterocycles. The third kappa shape index (κ3) is 2.62. The van der Waals surface area contributed by atoms with E-state index in [9.17, 15) is 4.79 Å². The smallest absolute Gasteiger partial charge is 0.257 e. The molecule has 1 aliphatic heterocycles. The van der Waals surface area contributed by atoms with Gasteiger partial charge in [-0.2, -0.15) is 5.10 Å². The van der Waals surface area contributed by atoms with Gasteiger partial charge >= 0.3 is 0 Å². The Morgan fingerprint density at radius 1 is 1.17 bits per heavy atom. The van der Waals surface area contributed by atoms with Gasteiger partial charge in [0.25, 0.3) is 5.91 Å². The first-order chi connectivity index (χ1) is 11.8. The summed E-state index contributed by atoms with van der Waals surface area (Å²) in [7, 11) is 0. The lowest BCUT2D eigenvalue weighted by molar-refractivity contribution is 0.0688. The molecule has 5 nitrogen and oxygen atoms in total. The molecule has 0 radical (unpaired) electrons. The molecule has 1 saturated carbocycles. The van der Waals surface area contributed by atoms with Crippen LogP contribution in [0.1, 0.15) is 54.6 Å². The van der Waals surface area contributed by atoms with Gasteiger partial charge in [-0.15, -0.1) is 0 Å². The molecule has 24 heavy (non-hydrogen) atoms. The number of hydrogen-bond acceptors (Lipinski definition) is 3. The average Bonchev–Trinajstić information content (AvgIpc) is 3.35. The lowest BCUT2D eigenvalue weighted by Gasteiger charge is -2.29. The Morgan fingerprint density at radius 3 is 2.75 bits per heavy atom. The molecule has 4 rings (SSSR count). The zero-order chi connectivity index (χ0) is 16.5. The molecular weight excluding hydrogens is 300 g/mol. The highest BCUT2D eigenvalue weighted by molar-refractivity contribution is 5.95. The number of amides is 1. The van der Waals surface area contributed by atoms with E-state index in [0.29, 0.717) is 17.5 Å². The summed E-state index contributed by atoms with van der Waals surface area (Å²) in [5.41, 5.74) is 1.58. The molecule has 2 aromatic heterocycles. The molecule has 1 aliphatic carbocycles. The summed E-state index contributed by atoms with van der Waals surface area (Å²) >= 11 is 0. The van der Waals surface area contributed by atoms with Crippen molar-refractivity contribution in [3.8, 4) is 5.82 Å². The zero-order valence-corrected chi connectivity index (χ0v) is 14.2. The van der Waals surface area contributed by atoms with E-state index in [0.717, 1.165) is 30.9 Å². The molecule has 0 bridgehead atoms. The van der Waals surface area contributed by atoms with Gasteiger partial charge in [-0.05, 0) is 50.7 Å². The number of nitrogens with zero attached hydrogens (tertiary/aromatic N) is 4. The SMILES string of the molecule is Cc1c(C(=O)N2CCC[C@H]2C2CCCC2)cnn1-c1ccccn1. The number of hydrogen-bond donors (Lipinski definition) is 0. The highest BCUT2D eigenvalue weighted by atomic mass is 16.2. The number of carbonyl (C=O) groups is 1. The van der Waals surface area contributed by atoms with E-state index in [2.05, 4.69) is 15.0 Å². The molecule has 2 aliphatic rings. The van der Waals surface area contributed by atoms with Crippen molar-refractivity contribution in [2.45, 2.75) is 51.5 Å². The molecule has 2 fully saturated rings. The summed E-state index contributed by atoms with van der Waals surface area (Å²) in [5, 5.41) is 4.41. The van der Waals surface area contributed by atoms with Crippen LogP contribution in [0.25, 0.3) is 5.82 Å². The van der Waals surface area contributed by atoms with Crippen molar-refractivity contribution in [2.24, 2.45) is 5.92 Å². The predicted octanol–water partition coefficient (Wildman–Crippen LogP) is 3.37. The van der Waals surface area contributed by atoms with E-state index in [-0.39, 0.29) is 5.91 Å². The summed E-state index contributed by atoms with van der Waals surface area (Å²) in [6.07, 6.45) is 10.9. The second kappa shape index (κ2) is 6.38. The van der Waals surface area contributed by atoms with Crippen molar-refractivity contribution in [3.63, 3.8) is 0 Å². The number of pyridine rings is 1. The molecule has 1 atom stereocenters. The van der Waals surface area contributed by atoms with Crippen LogP contribution in [0.15, 0.2) is 30.6 Å². The van der Waals surface area contributed by atoms with Gasteiger partial charge in [-0.25, -0.2) is 9.67 Å². The highest BCUT2D eigenvalue weighted by Gasteiger charge is 2.37. The Morgan fingerprint density at radius 2 is 2.00 bits per heavy atom. The van der Waals surface area contributed by atoms with Crippen LogP contribution in [0, 0.1) is 12.8 Å². The molecule has 3 heterocycles. The molecule has 0 aromatic carbocycles. The van der Waals surface area contributed by atoms with Crippen LogP contribution in [0.5, 0.6) is 0 Å². The number of likely N-dealkylation sites (tertiary alicyclic amines) is 1. The standard InChI is InChI=1S/C19H24N4O/c1-14-16(13-21-23(14)18-10-4-5-11-20-18)19(24)22-12-6-9-17(22)15-7-2-3-8-15/h4-5,10-11,13,15,17H,2-3,6-9,12H2,1H3/t17-/m0/s1. The quantitative estimate of drug-likeness (QED) is 0.870. The van der Waals surface area contributed by atoms with Crippen molar-refractivity contribution in [1.82, 2.24) is 19.7 Å². The topological polar surface area (TPSA) is 51.0 Å².